The fraction of sp³-hybridized carbons (Fsp3) is 0.375. The Morgan fingerprint density at radius 1 is 1.41 bits per heavy atom. The van der Waals surface area contributed by atoms with E-state index in [-0.39, 0.29) is 12.3 Å². The van der Waals surface area contributed by atoms with Gasteiger partial charge < -0.3 is 14.8 Å². The van der Waals surface area contributed by atoms with Crippen molar-refractivity contribution in [1.82, 2.24) is 5.32 Å². The van der Waals surface area contributed by atoms with Crippen molar-refractivity contribution in [3.05, 3.63) is 34.5 Å². The van der Waals surface area contributed by atoms with Gasteiger partial charge in [-0.2, -0.15) is 0 Å². The van der Waals surface area contributed by atoms with Gasteiger partial charge in [-0.05, 0) is 31.5 Å². The standard InChI is InChI=1S/C16H18ClNO4/c1-3-4-10(16(20)21)8-18-15(19)14-9(2)12-7-11(17)5-6-13(12)22-14/h5-7,10H,3-4,8H2,1-2H3,(H,18,19)(H,20,21). The molecule has 0 saturated carbocycles. The number of aryl methyl sites for hydroxylation is 1. The van der Waals surface area contributed by atoms with Crippen LogP contribution in [0.2, 0.25) is 5.02 Å². The lowest BCUT2D eigenvalue weighted by Gasteiger charge is -2.11. The van der Waals surface area contributed by atoms with Gasteiger partial charge in [0.25, 0.3) is 5.91 Å². The summed E-state index contributed by atoms with van der Waals surface area (Å²) in [6.07, 6.45) is 1.26. The van der Waals surface area contributed by atoms with Crippen molar-refractivity contribution in [3.63, 3.8) is 0 Å². The lowest BCUT2D eigenvalue weighted by atomic mass is 10.0. The molecular formula is C16H18ClNO4. The van der Waals surface area contributed by atoms with E-state index in [9.17, 15) is 9.59 Å². The monoisotopic (exact) mass is 323 g/mol. The molecule has 1 atom stereocenters. The van der Waals surface area contributed by atoms with Crippen LogP contribution in [0.5, 0.6) is 0 Å². The van der Waals surface area contributed by atoms with E-state index in [1.165, 1.54) is 0 Å². The minimum atomic E-state index is -0.907. The first-order valence-electron chi connectivity index (χ1n) is 7.13. The molecule has 2 rings (SSSR count). The molecule has 6 heteroatoms. The summed E-state index contributed by atoms with van der Waals surface area (Å²) in [5, 5.41) is 13.1. The SMILES string of the molecule is CCCC(CNC(=O)c1oc2ccc(Cl)cc2c1C)C(=O)O. The number of carboxylic acids is 1. The Hall–Kier alpha value is -2.01. The third kappa shape index (κ3) is 3.42. The van der Waals surface area contributed by atoms with Crippen LogP contribution in [0.1, 0.15) is 35.9 Å². The molecule has 0 aliphatic rings. The van der Waals surface area contributed by atoms with Gasteiger partial charge in [0.2, 0.25) is 0 Å². The fourth-order valence-corrected chi connectivity index (χ4v) is 2.54. The first kappa shape index (κ1) is 16.4. The molecule has 0 aliphatic carbocycles. The fourth-order valence-electron chi connectivity index (χ4n) is 2.37. The number of fused-ring (bicyclic) bond motifs is 1. The van der Waals surface area contributed by atoms with Crippen molar-refractivity contribution in [3.8, 4) is 0 Å². The van der Waals surface area contributed by atoms with Crippen LogP contribution in [0, 0.1) is 12.8 Å². The van der Waals surface area contributed by atoms with E-state index in [0.717, 1.165) is 11.8 Å². The van der Waals surface area contributed by atoms with Crippen molar-refractivity contribution < 1.29 is 19.1 Å². The number of benzene rings is 1. The molecule has 0 radical (unpaired) electrons. The third-order valence-electron chi connectivity index (χ3n) is 3.60. The van der Waals surface area contributed by atoms with Crippen LogP contribution in [0.25, 0.3) is 11.0 Å². The molecule has 0 aliphatic heterocycles. The third-order valence-corrected chi connectivity index (χ3v) is 3.83. The van der Waals surface area contributed by atoms with Crippen LogP contribution in [0.3, 0.4) is 0 Å². The molecule has 1 aromatic heterocycles. The molecule has 0 fully saturated rings. The smallest absolute Gasteiger partial charge is 0.308 e. The van der Waals surface area contributed by atoms with Gasteiger partial charge in [-0.25, -0.2) is 0 Å². The van der Waals surface area contributed by atoms with Crippen molar-refractivity contribution in [1.29, 1.82) is 0 Å². The quantitative estimate of drug-likeness (QED) is 0.850. The number of amides is 1. The van der Waals surface area contributed by atoms with Gasteiger partial charge in [0, 0.05) is 22.5 Å². The van der Waals surface area contributed by atoms with Crippen LogP contribution < -0.4 is 5.32 Å². The number of carboxylic acid groups (broad SMARTS) is 1. The number of hydrogen-bond acceptors (Lipinski definition) is 3. The van der Waals surface area contributed by atoms with Crippen LogP contribution in [-0.2, 0) is 4.79 Å². The number of nitrogens with one attached hydrogen (secondary N) is 1. The summed E-state index contributed by atoms with van der Waals surface area (Å²) < 4.78 is 5.55. The second kappa shape index (κ2) is 6.83. The highest BCUT2D eigenvalue weighted by molar-refractivity contribution is 6.31. The highest BCUT2D eigenvalue weighted by Crippen LogP contribution is 2.27. The molecule has 0 spiro atoms. The highest BCUT2D eigenvalue weighted by Gasteiger charge is 2.21. The van der Waals surface area contributed by atoms with E-state index in [0.29, 0.717) is 22.6 Å². The summed E-state index contributed by atoms with van der Waals surface area (Å²) >= 11 is 5.94. The molecule has 0 bridgehead atoms. The van der Waals surface area contributed by atoms with Gasteiger partial charge in [0.15, 0.2) is 5.76 Å². The number of halogens is 1. The van der Waals surface area contributed by atoms with Crippen molar-refractivity contribution in [2.24, 2.45) is 5.92 Å². The second-order valence-electron chi connectivity index (χ2n) is 5.23. The Bertz CT molecular complexity index is 707. The van der Waals surface area contributed by atoms with Gasteiger partial charge in [-0.15, -0.1) is 0 Å². The molecule has 118 valence electrons. The lowest BCUT2D eigenvalue weighted by molar-refractivity contribution is -0.141. The maximum Gasteiger partial charge on any atom is 0.308 e. The Labute approximate surface area is 133 Å². The Morgan fingerprint density at radius 3 is 2.77 bits per heavy atom. The van der Waals surface area contributed by atoms with E-state index in [4.69, 9.17) is 21.1 Å². The number of carbonyl (C=O) groups excluding carboxylic acids is 1. The number of rotatable bonds is 6. The maximum absolute atomic E-state index is 12.2. The molecular weight excluding hydrogens is 306 g/mol. The zero-order valence-corrected chi connectivity index (χ0v) is 13.2. The van der Waals surface area contributed by atoms with Gasteiger partial charge in [-0.3, -0.25) is 9.59 Å². The zero-order valence-electron chi connectivity index (χ0n) is 12.5. The Morgan fingerprint density at radius 2 is 2.14 bits per heavy atom. The summed E-state index contributed by atoms with van der Waals surface area (Å²) in [6.45, 7) is 3.77. The highest BCUT2D eigenvalue weighted by atomic mass is 35.5. The first-order valence-corrected chi connectivity index (χ1v) is 7.51. The van der Waals surface area contributed by atoms with E-state index >= 15 is 0 Å². The Balaban J connectivity index is 2.16. The van der Waals surface area contributed by atoms with Crippen LogP contribution in [-0.4, -0.2) is 23.5 Å². The van der Waals surface area contributed by atoms with E-state index in [1.54, 1.807) is 25.1 Å². The maximum atomic E-state index is 12.2. The molecule has 0 saturated heterocycles. The summed E-state index contributed by atoms with van der Waals surface area (Å²) in [5.41, 5.74) is 1.27. The topological polar surface area (TPSA) is 79.5 Å². The molecule has 2 N–H and O–H groups in total. The molecule has 5 nitrogen and oxygen atoms in total. The molecule has 2 aromatic rings. The second-order valence-corrected chi connectivity index (χ2v) is 5.67. The molecule has 1 heterocycles. The van der Waals surface area contributed by atoms with Crippen LogP contribution >= 0.6 is 11.6 Å². The van der Waals surface area contributed by atoms with Crippen molar-refractivity contribution in [2.45, 2.75) is 26.7 Å². The predicted molar refractivity (Wildman–Crippen MR) is 84.3 cm³/mol. The first-order chi connectivity index (χ1) is 10.4. The summed E-state index contributed by atoms with van der Waals surface area (Å²) in [6, 6.07) is 5.14. The summed E-state index contributed by atoms with van der Waals surface area (Å²) in [4.78, 5) is 23.3. The number of furan rings is 1. The molecule has 1 unspecified atom stereocenters. The molecule has 1 aromatic carbocycles. The zero-order chi connectivity index (χ0) is 16.3. The van der Waals surface area contributed by atoms with Crippen LogP contribution in [0.4, 0.5) is 0 Å². The lowest BCUT2D eigenvalue weighted by Crippen LogP contribution is -2.33. The van der Waals surface area contributed by atoms with Gasteiger partial charge in [0.05, 0.1) is 5.92 Å². The average molecular weight is 324 g/mol. The average Bonchev–Trinajstić information content (AvgIpc) is 2.80. The summed E-state index contributed by atoms with van der Waals surface area (Å²) in [5.74, 6) is -1.71. The van der Waals surface area contributed by atoms with E-state index in [2.05, 4.69) is 5.32 Å². The van der Waals surface area contributed by atoms with Gasteiger partial charge in [0.1, 0.15) is 5.58 Å². The largest absolute Gasteiger partial charge is 0.481 e. The minimum absolute atomic E-state index is 0.0826. The normalized spacial score (nSPS) is 12.3. The molecule has 1 amide bonds. The predicted octanol–water partition coefficient (Wildman–Crippen LogP) is 3.63. The Kier molecular flexibility index (Phi) is 5.08. The number of carbonyl (C=O) groups is 2. The van der Waals surface area contributed by atoms with E-state index in [1.807, 2.05) is 6.92 Å². The van der Waals surface area contributed by atoms with Gasteiger partial charge in [-0.1, -0.05) is 24.9 Å². The van der Waals surface area contributed by atoms with Crippen LogP contribution in [0.15, 0.2) is 22.6 Å². The van der Waals surface area contributed by atoms with Crippen molar-refractivity contribution in [2.75, 3.05) is 6.54 Å². The minimum Gasteiger partial charge on any atom is -0.481 e. The van der Waals surface area contributed by atoms with Crippen molar-refractivity contribution >= 4 is 34.4 Å². The number of aliphatic carboxylic acids is 1. The summed E-state index contributed by atoms with van der Waals surface area (Å²) in [7, 11) is 0. The van der Waals surface area contributed by atoms with Gasteiger partial charge >= 0.3 is 5.97 Å². The molecule has 22 heavy (non-hydrogen) atoms. The number of hydrogen-bond donors (Lipinski definition) is 2. The van der Waals surface area contributed by atoms with E-state index < -0.39 is 17.8 Å².